The van der Waals surface area contributed by atoms with E-state index in [-0.39, 0.29) is 17.8 Å². The van der Waals surface area contributed by atoms with Gasteiger partial charge in [0.25, 0.3) is 5.91 Å². The fourth-order valence-corrected chi connectivity index (χ4v) is 3.18. The number of amides is 1. The molecular weight excluding hydrogens is 321 g/mol. The molecule has 0 bridgehead atoms. The van der Waals surface area contributed by atoms with Crippen molar-refractivity contribution in [3.63, 3.8) is 0 Å². The van der Waals surface area contributed by atoms with Crippen molar-refractivity contribution in [2.75, 3.05) is 45.9 Å². The van der Waals surface area contributed by atoms with Crippen molar-refractivity contribution in [3.05, 3.63) is 34.6 Å². The van der Waals surface area contributed by atoms with Crippen LogP contribution in [0.3, 0.4) is 0 Å². The normalized spacial score (nSPS) is 23.0. The molecule has 1 unspecified atom stereocenters. The molecule has 23 heavy (non-hydrogen) atoms. The molecule has 1 aromatic carbocycles. The number of halogens is 2. The third-order valence-corrected chi connectivity index (χ3v) is 4.68. The Morgan fingerprint density at radius 2 is 2.13 bits per heavy atom. The van der Waals surface area contributed by atoms with Gasteiger partial charge in [0.15, 0.2) is 0 Å². The van der Waals surface area contributed by atoms with E-state index in [1.807, 2.05) is 4.90 Å². The summed E-state index contributed by atoms with van der Waals surface area (Å²) in [4.78, 5) is 16.3. The van der Waals surface area contributed by atoms with Crippen LogP contribution in [0.4, 0.5) is 4.39 Å². The lowest BCUT2D eigenvalue weighted by atomic mass is 10.1. The van der Waals surface area contributed by atoms with Crippen LogP contribution in [-0.4, -0.2) is 67.7 Å². The van der Waals surface area contributed by atoms with Crippen LogP contribution in [0.15, 0.2) is 18.2 Å². The Morgan fingerprint density at radius 1 is 1.35 bits per heavy atom. The second kappa shape index (κ2) is 7.57. The Labute approximate surface area is 140 Å². The summed E-state index contributed by atoms with van der Waals surface area (Å²) in [5.41, 5.74) is 0.522. The Bertz CT molecular complexity index is 538. The average molecular weight is 342 g/mol. The van der Waals surface area contributed by atoms with E-state index >= 15 is 0 Å². The smallest absolute Gasteiger partial charge is 0.253 e. The van der Waals surface area contributed by atoms with E-state index in [2.05, 4.69) is 10.2 Å². The van der Waals surface area contributed by atoms with Gasteiger partial charge in [0.05, 0.1) is 6.61 Å². The lowest BCUT2D eigenvalue weighted by Gasteiger charge is -2.37. The van der Waals surface area contributed by atoms with E-state index in [0.717, 1.165) is 6.54 Å². The number of benzene rings is 1. The molecule has 0 aliphatic carbocycles. The molecule has 0 saturated carbocycles. The van der Waals surface area contributed by atoms with Crippen LogP contribution in [0, 0.1) is 5.82 Å². The number of nitrogens with one attached hydrogen (secondary N) is 1. The van der Waals surface area contributed by atoms with Gasteiger partial charge >= 0.3 is 0 Å². The minimum Gasteiger partial charge on any atom is -0.366 e. The van der Waals surface area contributed by atoms with Crippen LogP contribution < -0.4 is 5.32 Å². The lowest BCUT2D eigenvalue weighted by Crippen LogP contribution is -2.54. The van der Waals surface area contributed by atoms with Crippen molar-refractivity contribution >= 4 is 17.5 Å². The molecular formula is C16H21ClFN3O2. The molecule has 3 rings (SSSR count). The number of rotatable bonds is 3. The summed E-state index contributed by atoms with van der Waals surface area (Å²) in [6.07, 6.45) is -0.378. The van der Waals surface area contributed by atoms with Gasteiger partial charge in [-0.1, -0.05) is 17.7 Å². The summed E-state index contributed by atoms with van der Waals surface area (Å²) in [5, 5.41) is 3.62. The number of ether oxygens (including phenoxy) is 1. The third-order valence-electron chi connectivity index (χ3n) is 4.33. The van der Waals surface area contributed by atoms with E-state index in [0.29, 0.717) is 56.5 Å². The van der Waals surface area contributed by atoms with Gasteiger partial charge in [-0.05, 0) is 12.1 Å². The topological polar surface area (TPSA) is 44.8 Å². The molecule has 2 aliphatic rings. The van der Waals surface area contributed by atoms with Gasteiger partial charge < -0.3 is 15.0 Å². The molecule has 7 heteroatoms. The molecule has 0 aromatic heterocycles. The largest absolute Gasteiger partial charge is 0.366 e. The van der Waals surface area contributed by atoms with Crippen LogP contribution in [0.1, 0.15) is 5.56 Å². The van der Waals surface area contributed by atoms with Crippen LogP contribution in [0.2, 0.25) is 5.02 Å². The van der Waals surface area contributed by atoms with Gasteiger partial charge in [-0.15, -0.1) is 0 Å². The van der Waals surface area contributed by atoms with Crippen LogP contribution in [0.25, 0.3) is 0 Å². The molecule has 1 atom stereocenters. The van der Waals surface area contributed by atoms with Crippen molar-refractivity contribution < 1.29 is 13.9 Å². The van der Waals surface area contributed by atoms with E-state index in [1.165, 1.54) is 6.07 Å². The first-order valence-corrected chi connectivity index (χ1v) is 8.29. The average Bonchev–Trinajstić information content (AvgIpc) is 2.59. The van der Waals surface area contributed by atoms with E-state index in [4.69, 9.17) is 16.3 Å². The zero-order valence-corrected chi connectivity index (χ0v) is 13.7. The molecule has 2 aliphatic heterocycles. The molecule has 1 N–H and O–H groups in total. The van der Waals surface area contributed by atoms with E-state index in [9.17, 15) is 9.18 Å². The number of nitrogens with zero attached hydrogens (tertiary/aromatic N) is 2. The van der Waals surface area contributed by atoms with Crippen molar-refractivity contribution in [2.45, 2.75) is 12.6 Å². The highest BCUT2D eigenvalue weighted by molar-refractivity contribution is 6.31. The SMILES string of the molecule is O=C(C1CNCCO1)N1CCN(Cc2c(F)cccc2Cl)CC1. The molecule has 0 radical (unpaired) electrons. The molecule has 1 amide bonds. The van der Waals surface area contributed by atoms with Crippen LogP contribution in [0.5, 0.6) is 0 Å². The highest BCUT2D eigenvalue weighted by Gasteiger charge is 2.29. The quantitative estimate of drug-likeness (QED) is 0.894. The maximum atomic E-state index is 13.9. The van der Waals surface area contributed by atoms with Crippen molar-refractivity contribution in [2.24, 2.45) is 0 Å². The predicted octanol–water partition coefficient (Wildman–Crippen LogP) is 1.11. The van der Waals surface area contributed by atoms with Crippen molar-refractivity contribution in [1.29, 1.82) is 0 Å². The number of carbonyl (C=O) groups is 1. The predicted molar refractivity (Wildman–Crippen MR) is 85.9 cm³/mol. The fourth-order valence-electron chi connectivity index (χ4n) is 2.96. The highest BCUT2D eigenvalue weighted by Crippen LogP contribution is 2.21. The van der Waals surface area contributed by atoms with Gasteiger partial charge in [-0.25, -0.2) is 4.39 Å². The Hall–Kier alpha value is -1.21. The van der Waals surface area contributed by atoms with Crippen molar-refractivity contribution in [1.82, 2.24) is 15.1 Å². The number of morpholine rings is 1. The molecule has 2 fully saturated rings. The first kappa shape index (κ1) is 16.6. The molecule has 5 nitrogen and oxygen atoms in total. The van der Waals surface area contributed by atoms with E-state index in [1.54, 1.807) is 12.1 Å². The third kappa shape index (κ3) is 4.01. The maximum absolute atomic E-state index is 13.9. The number of hydrogen-bond acceptors (Lipinski definition) is 4. The monoisotopic (exact) mass is 341 g/mol. The number of piperazine rings is 1. The zero-order chi connectivity index (χ0) is 16.2. The Morgan fingerprint density at radius 3 is 2.78 bits per heavy atom. The first-order chi connectivity index (χ1) is 11.1. The number of carbonyl (C=O) groups excluding carboxylic acids is 1. The highest BCUT2D eigenvalue weighted by atomic mass is 35.5. The van der Waals surface area contributed by atoms with Crippen LogP contribution >= 0.6 is 11.6 Å². The van der Waals surface area contributed by atoms with Gasteiger partial charge in [0, 0.05) is 56.4 Å². The van der Waals surface area contributed by atoms with Gasteiger partial charge in [0.1, 0.15) is 11.9 Å². The van der Waals surface area contributed by atoms with Gasteiger partial charge in [-0.3, -0.25) is 9.69 Å². The molecule has 2 saturated heterocycles. The van der Waals surface area contributed by atoms with Gasteiger partial charge in [0.2, 0.25) is 0 Å². The maximum Gasteiger partial charge on any atom is 0.253 e. The first-order valence-electron chi connectivity index (χ1n) is 7.91. The molecule has 126 valence electrons. The van der Waals surface area contributed by atoms with E-state index < -0.39 is 0 Å². The summed E-state index contributed by atoms with van der Waals surface area (Å²) in [6, 6.07) is 4.73. The second-order valence-corrected chi connectivity index (χ2v) is 6.27. The summed E-state index contributed by atoms with van der Waals surface area (Å²) in [5.74, 6) is -0.238. The lowest BCUT2D eigenvalue weighted by molar-refractivity contribution is -0.147. The molecule has 1 aromatic rings. The second-order valence-electron chi connectivity index (χ2n) is 5.87. The minimum absolute atomic E-state index is 0.0424. The summed E-state index contributed by atoms with van der Waals surface area (Å²) in [6.45, 7) is 5.07. The Kier molecular flexibility index (Phi) is 5.48. The van der Waals surface area contributed by atoms with Crippen LogP contribution in [-0.2, 0) is 16.1 Å². The summed E-state index contributed by atoms with van der Waals surface area (Å²) < 4.78 is 19.4. The molecule has 2 heterocycles. The zero-order valence-electron chi connectivity index (χ0n) is 12.9. The standard InChI is InChI=1S/C16H21ClFN3O2/c17-13-2-1-3-14(18)12(13)11-20-5-7-21(8-6-20)16(22)15-10-19-4-9-23-15/h1-3,15,19H,4-11H2. The minimum atomic E-state index is -0.378. The Balaban J connectivity index is 1.53. The molecule has 0 spiro atoms. The fraction of sp³-hybridized carbons (Fsp3) is 0.562. The number of hydrogen-bond donors (Lipinski definition) is 1. The summed E-state index contributed by atoms with van der Waals surface area (Å²) in [7, 11) is 0. The van der Waals surface area contributed by atoms with Gasteiger partial charge in [-0.2, -0.15) is 0 Å². The summed E-state index contributed by atoms with van der Waals surface area (Å²) >= 11 is 6.07. The van der Waals surface area contributed by atoms with Crippen molar-refractivity contribution in [3.8, 4) is 0 Å².